The van der Waals surface area contributed by atoms with Crippen molar-refractivity contribution in [2.45, 2.75) is 38.7 Å². The first-order chi connectivity index (χ1) is 14.4. The normalized spacial score (nSPS) is 10.9. The lowest BCUT2D eigenvalue weighted by atomic mass is 10.0. The molecule has 0 aromatic heterocycles. The Kier molecular flexibility index (Phi) is 9.04. The first-order valence-electron chi connectivity index (χ1n) is 10.2. The Morgan fingerprint density at radius 3 is 2.33 bits per heavy atom. The lowest BCUT2D eigenvalue weighted by molar-refractivity contribution is 0.143. The highest BCUT2D eigenvalue weighted by molar-refractivity contribution is 5.46. The maximum atomic E-state index is 9.88. The molecule has 0 atom stereocenters. The van der Waals surface area contributed by atoms with E-state index in [9.17, 15) is 5.11 Å². The highest BCUT2D eigenvalue weighted by Crippen LogP contribution is 2.27. The predicted molar refractivity (Wildman–Crippen MR) is 121 cm³/mol. The third-order valence-corrected chi connectivity index (χ3v) is 4.65. The van der Waals surface area contributed by atoms with E-state index in [0.717, 1.165) is 60.7 Å². The average Bonchev–Trinajstić information content (AvgIpc) is 2.74. The summed E-state index contributed by atoms with van der Waals surface area (Å²) in [6.07, 6.45) is 2.79. The molecular formula is C25H33NO4. The predicted octanol–water partition coefficient (Wildman–Crippen LogP) is 3.60. The molecule has 162 valence electrons. The number of benzene rings is 2. The molecule has 0 aliphatic heterocycles. The molecule has 2 rings (SSSR count). The summed E-state index contributed by atoms with van der Waals surface area (Å²) in [5.41, 5.74) is 2.26. The van der Waals surface area contributed by atoms with E-state index >= 15 is 0 Å². The summed E-state index contributed by atoms with van der Waals surface area (Å²) in [5, 5.41) is 13.4. The number of aliphatic hydroxyl groups is 1. The molecule has 0 unspecified atom stereocenters. The first-order valence-corrected chi connectivity index (χ1v) is 10.2. The lowest BCUT2D eigenvalue weighted by Crippen LogP contribution is -2.19. The lowest BCUT2D eigenvalue weighted by Gasteiger charge is -2.11. The highest BCUT2D eigenvalue weighted by atomic mass is 16.5. The van der Waals surface area contributed by atoms with Gasteiger partial charge in [-0.25, -0.2) is 0 Å². The summed E-state index contributed by atoms with van der Waals surface area (Å²) in [4.78, 5) is 0. The Labute approximate surface area is 180 Å². The molecule has 30 heavy (non-hydrogen) atoms. The van der Waals surface area contributed by atoms with Gasteiger partial charge in [0, 0.05) is 5.56 Å². The van der Waals surface area contributed by atoms with Gasteiger partial charge < -0.3 is 24.6 Å². The fraction of sp³-hybridized carbons (Fsp3) is 0.440. The summed E-state index contributed by atoms with van der Waals surface area (Å²) in [7, 11) is 4.96. The van der Waals surface area contributed by atoms with Crippen LogP contribution in [0.1, 0.15) is 37.0 Å². The Hall–Kier alpha value is -2.68. The van der Waals surface area contributed by atoms with Crippen molar-refractivity contribution in [2.75, 3.05) is 34.4 Å². The standard InChI is InChI=1S/C25H33NO4/c1-25(2,27)14-12-20-9-10-22(28-3)18-21(20)7-6-15-26-16-13-19-8-11-23(29-4)24(17-19)30-5/h8-11,17-18,26-27H,6-7,13,15-16H2,1-5H3. The van der Waals surface area contributed by atoms with Crippen molar-refractivity contribution < 1.29 is 19.3 Å². The third kappa shape index (κ3) is 7.62. The van der Waals surface area contributed by atoms with Crippen molar-refractivity contribution in [1.82, 2.24) is 5.32 Å². The van der Waals surface area contributed by atoms with Gasteiger partial charge in [0.2, 0.25) is 0 Å². The van der Waals surface area contributed by atoms with Crippen LogP contribution in [0.15, 0.2) is 36.4 Å². The number of hydrogen-bond acceptors (Lipinski definition) is 5. The molecule has 2 aromatic carbocycles. The summed E-state index contributed by atoms with van der Waals surface area (Å²) < 4.78 is 16.0. The minimum atomic E-state index is -1.01. The van der Waals surface area contributed by atoms with Crippen LogP contribution in [0.5, 0.6) is 17.2 Å². The van der Waals surface area contributed by atoms with Gasteiger partial charge in [-0.2, -0.15) is 0 Å². The zero-order valence-electron chi connectivity index (χ0n) is 18.7. The molecule has 5 nitrogen and oxygen atoms in total. The summed E-state index contributed by atoms with van der Waals surface area (Å²) in [6.45, 7) is 5.17. The van der Waals surface area contributed by atoms with E-state index in [1.54, 1.807) is 35.2 Å². The van der Waals surface area contributed by atoms with E-state index in [1.807, 2.05) is 30.3 Å². The molecule has 0 aliphatic rings. The molecule has 0 amide bonds. The van der Waals surface area contributed by atoms with Gasteiger partial charge in [0.05, 0.1) is 21.3 Å². The maximum absolute atomic E-state index is 9.88. The molecule has 5 heteroatoms. The Bertz CT molecular complexity index is 875. The maximum Gasteiger partial charge on any atom is 0.160 e. The van der Waals surface area contributed by atoms with Crippen LogP contribution in [0, 0.1) is 11.8 Å². The Morgan fingerprint density at radius 1 is 0.900 bits per heavy atom. The highest BCUT2D eigenvalue weighted by Gasteiger charge is 2.08. The molecule has 2 aromatic rings. The van der Waals surface area contributed by atoms with E-state index in [1.165, 1.54) is 5.56 Å². The van der Waals surface area contributed by atoms with E-state index in [2.05, 4.69) is 23.2 Å². The molecule has 0 bridgehead atoms. The second kappa shape index (κ2) is 11.5. The molecule has 0 fully saturated rings. The molecule has 0 saturated carbocycles. The van der Waals surface area contributed by atoms with Crippen molar-refractivity contribution in [1.29, 1.82) is 0 Å². The molecule has 2 N–H and O–H groups in total. The van der Waals surface area contributed by atoms with Crippen LogP contribution in [0.4, 0.5) is 0 Å². The zero-order valence-corrected chi connectivity index (χ0v) is 18.7. The van der Waals surface area contributed by atoms with Gasteiger partial charge in [0.1, 0.15) is 11.4 Å². The van der Waals surface area contributed by atoms with E-state index in [4.69, 9.17) is 14.2 Å². The molecule has 0 heterocycles. The number of methoxy groups -OCH3 is 3. The molecular weight excluding hydrogens is 378 g/mol. The van der Waals surface area contributed by atoms with Crippen LogP contribution in [-0.2, 0) is 12.8 Å². The number of rotatable bonds is 10. The van der Waals surface area contributed by atoms with Crippen LogP contribution < -0.4 is 19.5 Å². The Morgan fingerprint density at radius 2 is 1.67 bits per heavy atom. The quantitative estimate of drug-likeness (QED) is 0.462. The van der Waals surface area contributed by atoms with Crippen LogP contribution in [-0.4, -0.2) is 45.1 Å². The number of ether oxygens (including phenoxy) is 3. The smallest absolute Gasteiger partial charge is 0.160 e. The molecule has 0 spiro atoms. The largest absolute Gasteiger partial charge is 0.497 e. The van der Waals surface area contributed by atoms with Gasteiger partial charge in [-0.3, -0.25) is 0 Å². The summed E-state index contributed by atoms with van der Waals surface area (Å²) in [6, 6.07) is 11.9. The zero-order chi connectivity index (χ0) is 22.0. The van der Waals surface area contributed by atoms with Gasteiger partial charge in [-0.05, 0) is 87.7 Å². The molecule has 0 radical (unpaired) electrons. The average molecular weight is 412 g/mol. The van der Waals surface area contributed by atoms with E-state index in [0.29, 0.717) is 0 Å². The molecule has 0 aliphatic carbocycles. The van der Waals surface area contributed by atoms with Crippen molar-refractivity contribution in [2.24, 2.45) is 0 Å². The fourth-order valence-electron chi connectivity index (χ4n) is 3.04. The van der Waals surface area contributed by atoms with E-state index < -0.39 is 5.60 Å². The minimum Gasteiger partial charge on any atom is -0.497 e. The fourth-order valence-corrected chi connectivity index (χ4v) is 3.04. The molecule has 0 saturated heterocycles. The van der Waals surface area contributed by atoms with E-state index in [-0.39, 0.29) is 0 Å². The number of nitrogens with one attached hydrogen (secondary N) is 1. The SMILES string of the molecule is COc1ccc(C#CC(C)(C)O)c(CCCNCCc2ccc(OC)c(OC)c2)c1. The minimum absolute atomic E-state index is 0.746. The van der Waals surface area contributed by atoms with Gasteiger partial charge in [0.25, 0.3) is 0 Å². The topological polar surface area (TPSA) is 60.0 Å². The van der Waals surface area contributed by atoms with Gasteiger partial charge in [0.15, 0.2) is 11.5 Å². The number of hydrogen-bond donors (Lipinski definition) is 2. The van der Waals surface area contributed by atoms with Crippen molar-refractivity contribution in [3.63, 3.8) is 0 Å². The monoisotopic (exact) mass is 411 g/mol. The Balaban J connectivity index is 1.86. The summed E-state index contributed by atoms with van der Waals surface area (Å²) in [5.74, 6) is 8.32. The van der Waals surface area contributed by atoms with Crippen LogP contribution in [0.3, 0.4) is 0 Å². The second-order valence-electron chi connectivity index (χ2n) is 7.62. The second-order valence-corrected chi connectivity index (χ2v) is 7.62. The van der Waals surface area contributed by atoms with Gasteiger partial charge >= 0.3 is 0 Å². The van der Waals surface area contributed by atoms with Gasteiger partial charge in [-0.1, -0.05) is 17.9 Å². The van der Waals surface area contributed by atoms with Gasteiger partial charge in [-0.15, -0.1) is 0 Å². The van der Waals surface area contributed by atoms with Crippen molar-refractivity contribution >= 4 is 0 Å². The first kappa shape index (κ1) is 23.6. The van der Waals surface area contributed by atoms with Crippen LogP contribution >= 0.6 is 0 Å². The third-order valence-electron chi connectivity index (χ3n) is 4.65. The van der Waals surface area contributed by atoms with Crippen LogP contribution in [0.25, 0.3) is 0 Å². The number of aryl methyl sites for hydroxylation is 1. The summed E-state index contributed by atoms with van der Waals surface area (Å²) >= 11 is 0. The van der Waals surface area contributed by atoms with Crippen molar-refractivity contribution in [3.8, 4) is 29.1 Å². The van der Waals surface area contributed by atoms with Crippen molar-refractivity contribution in [3.05, 3.63) is 53.1 Å². The van der Waals surface area contributed by atoms with Crippen LogP contribution in [0.2, 0.25) is 0 Å².